The first-order valence-corrected chi connectivity index (χ1v) is 9.77. The van der Waals surface area contributed by atoms with Gasteiger partial charge in [-0.2, -0.15) is 8.78 Å². The molecule has 1 aliphatic carbocycles. The summed E-state index contributed by atoms with van der Waals surface area (Å²) >= 11 is 0. The zero-order chi connectivity index (χ0) is 20.0. The number of carbonyl (C=O) groups is 1. The van der Waals surface area contributed by atoms with E-state index in [1.807, 2.05) is 0 Å². The molecule has 0 aromatic carbocycles. The van der Waals surface area contributed by atoms with Gasteiger partial charge in [-0.05, 0) is 25.3 Å². The molecular formula is C20H30F2O5. The van der Waals surface area contributed by atoms with Crippen LogP contribution in [0.1, 0.15) is 58.3 Å². The highest BCUT2D eigenvalue weighted by Gasteiger charge is 2.65. The molecule has 0 spiro atoms. The van der Waals surface area contributed by atoms with Crippen molar-refractivity contribution in [2.45, 2.75) is 82.5 Å². The Morgan fingerprint density at radius 1 is 1.37 bits per heavy atom. The molecule has 0 aromatic heterocycles. The van der Waals surface area contributed by atoms with E-state index in [1.165, 1.54) is 12.2 Å². The molecule has 3 N–H and O–H groups in total. The van der Waals surface area contributed by atoms with Gasteiger partial charge in [0, 0.05) is 24.7 Å². The summed E-state index contributed by atoms with van der Waals surface area (Å²) in [5, 5.41) is 28.7. The van der Waals surface area contributed by atoms with Crippen LogP contribution in [0.3, 0.4) is 0 Å². The van der Waals surface area contributed by atoms with Gasteiger partial charge in [0.05, 0.1) is 11.9 Å². The molecule has 154 valence electrons. The molecule has 0 bridgehead atoms. The van der Waals surface area contributed by atoms with Gasteiger partial charge in [-0.15, -0.1) is 0 Å². The first-order valence-electron chi connectivity index (χ1n) is 9.77. The normalized spacial score (nSPS) is 32.0. The fraction of sp³-hybridized carbons (Fsp3) is 0.750. The van der Waals surface area contributed by atoms with Crippen LogP contribution in [0.2, 0.25) is 0 Å². The van der Waals surface area contributed by atoms with Crippen LogP contribution in [0.4, 0.5) is 8.78 Å². The van der Waals surface area contributed by atoms with Crippen LogP contribution in [0.25, 0.3) is 0 Å². The van der Waals surface area contributed by atoms with E-state index in [0.29, 0.717) is 25.0 Å². The maximum atomic E-state index is 14.4. The summed E-state index contributed by atoms with van der Waals surface area (Å²) in [4.78, 5) is 10.5. The molecule has 5 nitrogen and oxygen atoms in total. The average molecular weight is 388 g/mol. The van der Waals surface area contributed by atoms with Gasteiger partial charge < -0.3 is 20.1 Å². The summed E-state index contributed by atoms with van der Waals surface area (Å²) in [5.74, 6) is -5.15. The topological polar surface area (TPSA) is 87.0 Å². The zero-order valence-electron chi connectivity index (χ0n) is 15.7. The third kappa shape index (κ3) is 5.51. The largest absolute Gasteiger partial charge is 0.488 e. The smallest absolute Gasteiger partial charge is 0.310 e. The van der Waals surface area contributed by atoms with E-state index in [4.69, 9.17) is 9.84 Å². The molecule has 2 rings (SSSR count). The summed E-state index contributed by atoms with van der Waals surface area (Å²) in [6.07, 6.45) is 5.42. The number of carboxylic acids is 1. The molecule has 0 radical (unpaired) electrons. The van der Waals surface area contributed by atoms with E-state index in [9.17, 15) is 23.8 Å². The molecule has 2 fully saturated rings. The summed E-state index contributed by atoms with van der Waals surface area (Å²) in [7, 11) is 0. The Hall–Kier alpha value is -1.47. The van der Waals surface area contributed by atoms with Gasteiger partial charge >= 0.3 is 11.9 Å². The standard InChI is InChI=1S/C20H30F2O5/c1-2-3-4-7-13(23)10-11-15-16-12-14(8-5-6-9-17(24)25)27-19(16)20(21,22)18(15)26/h8,10-11,13,15-16,18-19,23,26H,2-7,9,12H2,1H3,(H,24,25)/b11-10+,14-8-/t13-,15+,16+,18-,19-/m0/s1. The Bertz CT molecular complexity index is 561. The molecule has 0 unspecified atom stereocenters. The maximum Gasteiger partial charge on any atom is 0.310 e. The van der Waals surface area contributed by atoms with Gasteiger partial charge in [0.15, 0.2) is 6.10 Å². The SMILES string of the molecule is CCCCC[C@H](O)/C=C/[C@@H]1[C@H]2C/C(=C/CCCC(=O)O)O[C@@H]2C(F)(F)[C@H]1O. The van der Waals surface area contributed by atoms with Gasteiger partial charge in [0.2, 0.25) is 0 Å². The van der Waals surface area contributed by atoms with Crippen molar-refractivity contribution in [3.05, 3.63) is 24.0 Å². The lowest BCUT2D eigenvalue weighted by Gasteiger charge is -2.21. The van der Waals surface area contributed by atoms with Gasteiger partial charge in [0.1, 0.15) is 6.10 Å². The molecule has 1 saturated carbocycles. The highest BCUT2D eigenvalue weighted by atomic mass is 19.3. The van der Waals surface area contributed by atoms with E-state index in [0.717, 1.165) is 19.3 Å². The minimum Gasteiger partial charge on any atom is -0.488 e. The lowest BCUT2D eigenvalue weighted by molar-refractivity contribution is -0.149. The molecule has 5 atom stereocenters. The third-order valence-electron chi connectivity index (χ3n) is 5.36. The molecule has 27 heavy (non-hydrogen) atoms. The van der Waals surface area contributed by atoms with E-state index < -0.39 is 42.0 Å². The van der Waals surface area contributed by atoms with Crippen molar-refractivity contribution in [2.75, 3.05) is 0 Å². The van der Waals surface area contributed by atoms with E-state index in [-0.39, 0.29) is 12.8 Å². The van der Waals surface area contributed by atoms with Crippen LogP contribution in [0, 0.1) is 11.8 Å². The van der Waals surface area contributed by atoms with Crippen LogP contribution in [-0.2, 0) is 9.53 Å². The van der Waals surface area contributed by atoms with E-state index >= 15 is 0 Å². The van der Waals surface area contributed by atoms with Gasteiger partial charge in [0.25, 0.3) is 0 Å². The minimum atomic E-state index is -3.36. The number of carboxylic acid groups (broad SMARTS) is 1. The summed E-state index contributed by atoms with van der Waals surface area (Å²) in [6.45, 7) is 2.06. The molecule has 0 aromatic rings. The fourth-order valence-electron chi connectivity index (χ4n) is 3.85. The zero-order valence-corrected chi connectivity index (χ0v) is 15.7. The molecular weight excluding hydrogens is 358 g/mol. The number of allylic oxidation sites excluding steroid dienone is 2. The van der Waals surface area contributed by atoms with Crippen molar-refractivity contribution >= 4 is 5.97 Å². The highest BCUT2D eigenvalue weighted by Crippen LogP contribution is 2.53. The van der Waals surface area contributed by atoms with Gasteiger partial charge in [-0.1, -0.05) is 38.3 Å². The van der Waals surface area contributed by atoms with Crippen molar-refractivity contribution < 1.29 is 33.6 Å². The summed E-state index contributed by atoms with van der Waals surface area (Å²) < 4.78 is 34.2. The number of hydrogen-bond donors (Lipinski definition) is 3. The number of halogens is 2. The first kappa shape index (κ1) is 21.8. The Morgan fingerprint density at radius 3 is 2.78 bits per heavy atom. The number of aliphatic carboxylic acids is 1. The van der Waals surface area contributed by atoms with Crippen molar-refractivity contribution in [1.82, 2.24) is 0 Å². The van der Waals surface area contributed by atoms with Crippen LogP contribution < -0.4 is 0 Å². The number of alkyl halides is 2. The lowest BCUT2D eigenvalue weighted by Crippen LogP contribution is -2.39. The number of unbranched alkanes of at least 4 members (excludes halogenated alkanes) is 3. The van der Waals surface area contributed by atoms with Crippen LogP contribution >= 0.6 is 0 Å². The number of aliphatic hydroxyl groups is 2. The summed E-state index contributed by atoms with van der Waals surface area (Å²) in [5.41, 5.74) is 0. The monoisotopic (exact) mass is 388 g/mol. The predicted molar refractivity (Wildman–Crippen MR) is 96.3 cm³/mol. The Labute approximate surface area is 158 Å². The summed E-state index contributed by atoms with van der Waals surface area (Å²) in [6, 6.07) is 0. The fourth-order valence-corrected chi connectivity index (χ4v) is 3.85. The van der Waals surface area contributed by atoms with Gasteiger partial charge in [-0.25, -0.2) is 0 Å². The lowest BCUT2D eigenvalue weighted by atomic mass is 9.90. The predicted octanol–water partition coefficient (Wildman–Crippen LogP) is 3.65. The maximum absolute atomic E-state index is 14.4. The highest BCUT2D eigenvalue weighted by molar-refractivity contribution is 5.66. The second-order valence-corrected chi connectivity index (χ2v) is 7.51. The molecule has 7 heteroatoms. The first-order chi connectivity index (χ1) is 12.8. The number of aliphatic hydroxyl groups excluding tert-OH is 2. The molecule has 2 aliphatic rings. The van der Waals surface area contributed by atoms with Crippen molar-refractivity contribution in [3.63, 3.8) is 0 Å². The molecule has 1 saturated heterocycles. The van der Waals surface area contributed by atoms with Gasteiger partial charge in [-0.3, -0.25) is 4.79 Å². The molecule has 1 aliphatic heterocycles. The Morgan fingerprint density at radius 2 is 2.11 bits per heavy atom. The second kappa shape index (κ2) is 9.64. The van der Waals surface area contributed by atoms with Crippen LogP contribution in [-0.4, -0.2) is 45.5 Å². The quantitative estimate of drug-likeness (QED) is 0.393. The van der Waals surface area contributed by atoms with E-state index in [2.05, 4.69) is 6.92 Å². The van der Waals surface area contributed by atoms with Crippen LogP contribution in [0.5, 0.6) is 0 Å². The molecule has 1 heterocycles. The molecule has 0 amide bonds. The Kier molecular flexibility index (Phi) is 7.79. The number of hydrogen-bond acceptors (Lipinski definition) is 4. The Balaban J connectivity index is 1.98. The third-order valence-corrected chi connectivity index (χ3v) is 5.36. The average Bonchev–Trinajstić information content (AvgIpc) is 3.09. The van der Waals surface area contributed by atoms with Crippen molar-refractivity contribution in [1.29, 1.82) is 0 Å². The number of ether oxygens (including phenoxy) is 1. The van der Waals surface area contributed by atoms with Crippen LogP contribution in [0.15, 0.2) is 24.0 Å². The number of fused-ring (bicyclic) bond motifs is 1. The van der Waals surface area contributed by atoms with Crippen molar-refractivity contribution in [2.24, 2.45) is 11.8 Å². The minimum absolute atomic E-state index is 0.0206. The second-order valence-electron chi connectivity index (χ2n) is 7.51. The number of rotatable bonds is 10. The van der Waals surface area contributed by atoms with Crippen molar-refractivity contribution in [3.8, 4) is 0 Å². The van der Waals surface area contributed by atoms with E-state index in [1.54, 1.807) is 6.08 Å².